The highest BCUT2D eigenvalue weighted by molar-refractivity contribution is 6.35. The number of benzene rings is 2. The second-order valence-electron chi connectivity index (χ2n) is 7.50. The van der Waals surface area contributed by atoms with Crippen molar-refractivity contribution in [1.29, 1.82) is 0 Å². The number of hydrogen-bond donors (Lipinski definition) is 2. The summed E-state index contributed by atoms with van der Waals surface area (Å²) < 4.78 is 38.4. The molecule has 0 aliphatic carbocycles. The van der Waals surface area contributed by atoms with E-state index in [0.29, 0.717) is 35.7 Å². The van der Waals surface area contributed by atoms with Gasteiger partial charge in [-0.2, -0.15) is 13.2 Å². The molecule has 5 rings (SSSR count). The number of H-pyrrole nitrogens is 1. The lowest BCUT2D eigenvalue weighted by molar-refractivity contribution is -0.137. The minimum absolute atomic E-state index is 0.231. The molecule has 162 valence electrons. The summed E-state index contributed by atoms with van der Waals surface area (Å²) in [6.45, 7) is 0.712. The van der Waals surface area contributed by atoms with Crippen LogP contribution >= 0.6 is 0 Å². The Hall–Kier alpha value is -4.01. The Morgan fingerprint density at radius 3 is 2.25 bits per heavy atom. The van der Waals surface area contributed by atoms with Crippen LogP contribution in [0.4, 0.5) is 35.0 Å². The maximum atomic E-state index is 13.0. The van der Waals surface area contributed by atoms with Crippen LogP contribution in [-0.4, -0.2) is 30.0 Å². The molecule has 0 unspecified atom stereocenters. The second-order valence-corrected chi connectivity index (χ2v) is 7.50. The topological polar surface area (TPSA) is 68.4 Å². The third-order valence-corrected chi connectivity index (χ3v) is 5.53. The van der Waals surface area contributed by atoms with Gasteiger partial charge in [-0.3, -0.25) is 14.6 Å². The van der Waals surface area contributed by atoms with Crippen molar-refractivity contribution in [2.45, 2.75) is 6.18 Å². The molecule has 3 heterocycles. The van der Waals surface area contributed by atoms with Gasteiger partial charge in [0, 0.05) is 41.9 Å². The third-order valence-electron chi connectivity index (χ3n) is 5.53. The van der Waals surface area contributed by atoms with E-state index in [1.807, 2.05) is 12.1 Å². The highest BCUT2D eigenvalue weighted by Gasteiger charge is 2.34. The number of nitrogens with zero attached hydrogens (tertiary/aromatic N) is 2. The Kier molecular flexibility index (Phi) is 4.54. The maximum absolute atomic E-state index is 13.0. The van der Waals surface area contributed by atoms with Crippen molar-refractivity contribution >= 4 is 40.6 Å². The average molecular weight is 438 g/mol. The first kappa shape index (κ1) is 19.9. The van der Waals surface area contributed by atoms with Crippen molar-refractivity contribution in [2.24, 2.45) is 0 Å². The van der Waals surface area contributed by atoms with Crippen LogP contribution in [0.15, 0.2) is 60.8 Å². The van der Waals surface area contributed by atoms with E-state index in [0.717, 1.165) is 23.4 Å². The van der Waals surface area contributed by atoms with Gasteiger partial charge in [0.25, 0.3) is 5.91 Å². The van der Waals surface area contributed by atoms with Gasteiger partial charge in [0.15, 0.2) is 0 Å². The highest BCUT2D eigenvalue weighted by Crippen LogP contribution is 2.37. The van der Waals surface area contributed by atoms with Gasteiger partial charge in [-0.25, -0.2) is 4.79 Å². The van der Waals surface area contributed by atoms with E-state index < -0.39 is 11.7 Å². The Labute approximate surface area is 180 Å². The van der Waals surface area contributed by atoms with Gasteiger partial charge in [-0.15, -0.1) is 0 Å². The van der Waals surface area contributed by atoms with Crippen LogP contribution in [0, 0.1) is 0 Å². The maximum Gasteiger partial charge on any atom is 0.416 e. The van der Waals surface area contributed by atoms with E-state index >= 15 is 0 Å². The van der Waals surface area contributed by atoms with Crippen LogP contribution in [0.5, 0.6) is 0 Å². The zero-order valence-corrected chi connectivity index (χ0v) is 16.6. The fourth-order valence-corrected chi connectivity index (χ4v) is 3.93. The number of halogens is 3. The molecule has 0 spiro atoms. The van der Waals surface area contributed by atoms with Crippen molar-refractivity contribution in [3.63, 3.8) is 0 Å². The van der Waals surface area contributed by atoms with Crippen molar-refractivity contribution in [1.82, 2.24) is 4.98 Å². The van der Waals surface area contributed by atoms with Crippen LogP contribution in [0.3, 0.4) is 0 Å². The number of hydrogen-bond acceptors (Lipinski definition) is 2. The molecule has 3 aromatic rings. The zero-order valence-electron chi connectivity index (χ0n) is 16.6. The van der Waals surface area contributed by atoms with Crippen LogP contribution in [0.25, 0.3) is 11.6 Å². The number of nitrogens with one attached hydrogen (secondary N) is 2. The zero-order chi connectivity index (χ0) is 22.5. The Balaban J connectivity index is 1.38. The lowest BCUT2D eigenvalue weighted by atomic mass is 10.1. The summed E-state index contributed by atoms with van der Waals surface area (Å²) in [7, 11) is 0. The first-order valence-electron chi connectivity index (χ1n) is 9.88. The summed E-state index contributed by atoms with van der Waals surface area (Å²) in [6.07, 6.45) is -0.901. The molecule has 2 N–H and O–H groups in total. The molecule has 0 bridgehead atoms. The van der Waals surface area contributed by atoms with Crippen LogP contribution in [0.1, 0.15) is 16.8 Å². The summed E-state index contributed by atoms with van der Waals surface area (Å²) in [5.41, 5.74) is 2.90. The Morgan fingerprint density at radius 1 is 0.906 bits per heavy atom. The number of rotatable bonds is 3. The molecule has 9 heteroatoms. The van der Waals surface area contributed by atoms with E-state index in [1.54, 1.807) is 30.5 Å². The predicted molar refractivity (Wildman–Crippen MR) is 115 cm³/mol. The minimum atomic E-state index is -4.43. The number of carbonyl (C=O) groups excluding carboxylic acids is 2. The summed E-state index contributed by atoms with van der Waals surface area (Å²) in [6, 6.07) is 13.2. The smallest absolute Gasteiger partial charge is 0.362 e. The normalized spacial score (nSPS) is 17.3. The first-order chi connectivity index (χ1) is 15.3. The van der Waals surface area contributed by atoms with Gasteiger partial charge in [-0.05, 0) is 54.6 Å². The number of alkyl halides is 3. The number of fused-ring (bicyclic) bond motifs is 1. The molecule has 1 saturated heterocycles. The second kappa shape index (κ2) is 7.30. The van der Waals surface area contributed by atoms with Crippen molar-refractivity contribution in [3.05, 3.63) is 77.6 Å². The predicted octanol–water partition coefficient (Wildman–Crippen LogP) is 4.97. The highest BCUT2D eigenvalue weighted by atomic mass is 19.4. The fourth-order valence-electron chi connectivity index (χ4n) is 3.93. The number of urea groups is 1. The van der Waals surface area contributed by atoms with Gasteiger partial charge >= 0.3 is 12.2 Å². The minimum Gasteiger partial charge on any atom is -0.362 e. The molecule has 0 atom stereocenters. The summed E-state index contributed by atoms with van der Waals surface area (Å²) in [5, 5.41) is 2.82. The molecule has 2 aliphatic rings. The lowest BCUT2D eigenvalue weighted by Crippen LogP contribution is -2.31. The molecular formula is C23H17F3N4O2. The van der Waals surface area contributed by atoms with Crippen molar-refractivity contribution in [3.8, 4) is 0 Å². The van der Waals surface area contributed by atoms with E-state index in [2.05, 4.69) is 10.3 Å². The molecular weight excluding hydrogens is 421 g/mol. The molecule has 1 fully saturated rings. The summed E-state index contributed by atoms with van der Waals surface area (Å²) >= 11 is 0. The number of amides is 3. The van der Waals surface area contributed by atoms with E-state index in [-0.39, 0.29) is 11.9 Å². The van der Waals surface area contributed by atoms with Gasteiger partial charge in [-0.1, -0.05) is 6.07 Å². The standard InChI is InChI=1S/C23H17F3N4O2/c24-23(25,26)14-3-5-16(6-4-14)29-10-11-30(22(29)32)17-7-8-18-19(12-15-2-1-9-27-15)21(31)28-20(18)13-17/h1-9,12-13,27H,10-11H2,(H,28,31)/b19-12-. The molecule has 2 aliphatic heterocycles. The molecule has 0 saturated carbocycles. The van der Waals surface area contributed by atoms with Gasteiger partial charge in [0.1, 0.15) is 0 Å². The molecule has 6 nitrogen and oxygen atoms in total. The molecule has 3 amide bonds. The van der Waals surface area contributed by atoms with Crippen molar-refractivity contribution in [2.75, 3.05) is 28.2 Å². The molecule has 32 heavy (non-hydrogen) atoms. The van der Waals surface area contributed by atoms with Crippen LogP contribution < -0.4 is 15.1 Å². The van der Waals surface area contributed by atoms with Crippen LogP contribution in [-0.2, 0) is 11.0 Å². The summed E-state index contributed by atoms with van der Waals surface area (Å²) in [5.74, 6) is -0.231. The largest absolute Gasteiger partial charge is 0.416 e. The number of aromatic nitrogens is 1. The molecule has 1 aromatic heterocycles. The fraction of sp³-hybridized carbons (Fsp3) is 0.130. The van der Waals surface area contributed by atoms with Gasteiger partial charge in [0.2, 0.25) is 0 Å². The summed E-state index contributed by atoms with van der Waals surface area (Å²) in [4.78, 5) is 31.4. The number of carbonyl (C=O) groups is 2. The van der Waals surface area contributed by atoms with Gasteiger partial charge in [0.05, 0.1) is 16.8 Å². The van der Waals surface area contributed by atoms with Crippen LogP contribution in [0.2, 0.25) is 0 Å². The SMILES string of the molecule is O=C1Nc2cc(N3CCN(c4ccc(C(F)(F)F)cc4)C3=O)ccc2/C1=C/c1ccc[nH]1. The van der Waals surface area contributed by atoms with E-state index in [9.17, 15) is 22.8 Å². The van der Waals surface area contributed by atoms with E-state index in [4.69, 9.17) is 0 Å². The monoisotopic (exact) mass is 438 g/mol. The average Bonchev–Trinajstić information content (AvgIpc) is 3.47. The Bertz CT molecular complexity index is 1230. The number of aromatic amines is 1. The quantitative estimate of drug-likeness (QED) is 0.567. The Morgan fingerprint density at radius 2 is 1.59 bits per heavy atom. The number of anilines is 3. The van der Waals surface area contributed by atoms with Gasteiger partial charge < -0.3 is 10.3 Å². The van der Waals surface area contributed by atoms with Crippen molar-refractivity contribution < 1.29 is 22.8 Å². The third kappa shape index (κ3) is 3.41. The lowest BCUT2D eigenvalue weighted by Gasteiger charge is -2.20. The molecule has 0 radical (unpaired) electrons. The molecule has 2 aromatic carbocycles. The van der Waals surface area contributed by atoms with E-state index in [1.165, 1.54) is 21.9 Å². The first-order valence-corrected chi connectivity index (χ1v) is 9.88.